The fraction of sp³-hybridized carbons (Fsp3) is 0.833. The second-order valence-corrected chi connectivity index (χ2v) is 7.71. The number of rotatable bonds is 16. The van der Waals surface area contributed by atoms with E-state index in [4.69, 9.17) is 0.594 Å². The molecule has 0 aliphatic rings. The number of carbonyl (C=O) groups is 1. The molecule has 0 N–H and O–H groups in total. The van der Waals surface area contributed by atoms with E-state index >= 15 is 0 Å². The molecule has 0 aromatic rings. The van der Waals surface area contributed by atoms with Gasteiger partial charge in [0.1, 0.15) is 0 Å². The number of carbonyl (C=O) groups excluding carboxylic acids is 1. The third-order valence-electron chi connectivity index (χ3n) is 3.73. The topological polar surface area (TPSA) is 17.1 Å². The van der Waals surface area contributed by atoms with Crippen LogP contribution in [-0.2, 0) is 4.79 Å². The molecule has 1 nitrogen and oxygen atoms in total. The average Bonchev–Trinajstić information content (AvgIpc) is 2.51. The van der Waals surface area contributed by atoms with Crippen LogP contribution >= 0.6 is 8.93 Å². The molecule has 3 heteroatoms. The van der Waals surface area contributed by atoms with Gasteiger partial charge in [0.15, 0.2) is 0 Å². The minimum absolute atomic E-state index is 0.237. The molecular formula is C18H34IOS-. The maximum atomic E-state index is 11.2. The first-order valence-corrected chi connectivity index (χ1v) is 12.1. The summed E-state index contributed by atoms with van der Waals surface area (Å²) in [5.41, 5.74) is 0. The van der Waals surface area contributed by atoms with E-state index < -0.39 is 21.0 Å². The first kappa shape index (κ1) is 19.5. The van der Waals surface area contributed by atoms with Crippen LogP contribution in [0.5, 0.6) is 0 Å². The molecule has 0 radical (unpaired) electrons. The Hall–Kier alpha value is 0.490. The van der Waals surface area contributed by atoms with Crippen LogP contribution in [0.25, 0.3) is 0 Å². The van der Waals surface area contributed by atoms with E-state index in [1.165, 1.54) is 86.0 Å². The van der Waals surface area contributed by atoms with Crippen LogP contribution in [0.3, 0.4) is 0 Å². The van der Waals surface area contributed by atoms with Gasteiger partial charge in [0, 0.05) is 0 Å². The fourth-order valence-electron chi connectivity index (χ4n) is 2.38. The van der Waals surface area contributed by atoms with Crippen LogP contribution in [0.15, 0.2) is 12.2 Å². The van der Waals surface area contributed by atoms with Gasteiger partial charge >= 0.3 is 104 Å². The van der Waals surface area contributed by atoms with Crippen LogP contribution in [-0.4, -0.2) is 5.71 Å². The van der Waals surface area contributed by atoms with Crippen molar-refractivity contribution in [1.82, 2.24) is 0 Å². The summed E-state index contributed by atoms with van der Waals surface area (Å²) in [6.07, 6.45) is 22.2. The summed E-state index contributed by atoms with van der Waals surface area (Å²) in [4.78, 5) is 11.2. The van der Waals surface area contributed by atoms with Gasteiger partial charge in [-0.05, 0) is 6.42 Å². The van der Waals surface area contributed by atoms with Gasteiger partial charge < -0.3 is 0 Å². The van der Waals surface area contributed by atoms with Crippen molar-refractivity contribution in [2.45, 2.75) is 96.8 Å². The van der Waals surface area contributed by atoms with Crippen molar-refractivity contribution in [3.05, 3.63) is 12.2 Å². The second-order valence-electron chi connectivity index (χ2n) is 5.78. The van der Waals surface area contributed by atoms with Gasteiger partial charge in [0.05, 0.1) is 0 Å². The van der Waals surface area contributed by atoms with E-state index in [0.29, 0.717) is 6.42 Å². The van der Waals surface area contributed by atoms with Gasteiger partial charge in [0.25, 0.3) is 0 Å². The van der Waals surface area contributed by atoms with E-state index in [1.54, 1.807) is 0 Å². The van der Waals surface area contributed by atoms with E-state index in [0.717, 1.165) is 6.42 Å². The van der Waals surface area contributed by atoms with E-state index in [1.807, 2.05) is 0 Å². The number of hydrogen-bond donors (Lipinski definition) is 0. The molecule has 0 saturated carbocycles. The van der Waals surface area contributed by atoms with E-state index in [-0.39, 0.29) is 5.12 Å². The summed E-state index contributed by atoms with van der Waals surface area (Å²) in [6, 6.07) is 0. The van der Waals surface area contributed by atoms with Gasteiger partial charge in [0.2, 0.25) is 0 Å². The molecule has 0 unspecified atom stereocenters. The third kappa shape index (κ3) is 18.4. The Balaban J connectivity index is 3.12. The van der Waals surface area contributed by atoms with Gasteiger partial charge in [-0.2, -0.15) is 0 Å². The molecule has 0 rings (SSSR count). The molecule has 0 aliphatic heterocycles. The van der Waals surface area contributed by atoms with Crippen molar-refractivity contribution >= 4 is 14.0 Å². The number of allylic oxidation sites excluding steroid dienone is 2. The van der Waals surface area contributed by atoms with Crippen molar-refractivity contribution in [1.29, 1.82) is 0.594 Å². The molecular weight excluding hydrogens is 391 g/mol. The molecule has 0 heterocycles. The normalized spacial score (nSPS) is 12.1. The van der Waals surface area contributed by atoms with Crippen LogP contribution in [0.4, 0.5) is 0 Å². The predicted octanol–water partition coefficient (Wildman–Crippen LogP) is 3.48. The zero-order chi connectivity index (χ0) is 16.3. The Kier molecular flexibility index (Phi) is 17.2. The number of halogens is 1. The Morgan fingerprint density at radius 2 is 1.43 bits per heavy atom. The summed E-state index contributed by atoms with van der Waals surface area (Å²) < 4.78 is 7.07. The minimum Gasteiger partial charge on any atom is -0.0654 e. The van der Waals surface area contributed by atoms with E-state index in [9.17, 15) is 4.79 Å². The first-order valence-electron chi connectivity index (χ1n) is 9.15. The summed E-state index contributed by atoms with van der Waals surface area (Å²) in [5, 5.41) is 0.237. The summed E-state index contributed by atoms with van der Waals surface area (Å²) in [7, 11) is 1.25. The predicted molar refractivity (Wildman–Crippen MR) is 93.4 cm³/mol. The Labute approximate surface area is 149 Å². The molecule has 0 aliphatic carbocycles. The van der Waals surface area contributed by atoms with Gasteiger partial charge in [-0.25, -0.2) is 0 Å². The van der Waals surface area contributed by atoms with E-state index in [2.05, 4.69) is 19.1 Å². The van der Waals surface area contributed by atoms with Gasteiger partial charge in [-0.3, -0.25) is 0 Å². The monoisotopic (exact) mass is 427 g/mol. The van der Waals surface area contributed by atoms with Crippen LogP contribution < -0.4 is 21.0 Å². The van der Waals surface area contributed by atoms with Gasteiger partial charge in [-0.1, -0.05) is 39.0 Å². The molecule has 0 aromatic heterocycles. The quantitative estimate of drug-likeness (QED) is 0.213. The zero-order valence-corrected chi connectivity index (χ0v) is 16.7. The molecule has 0 amide bonds. The van der Waals surface area contributed by atoms with Crippen molar-refractivity contribution in [3.8, 4) is 0 Å². The zero-order valence-electron chi connectivity index (χ0n) is 14.7. The third-order valence-corrected chi connectivity index (χ3v) is 5.58. The summed E-state index contributed by atoms with van der Waals surface area (Å²) in [5.74, 6) is 0. The molecule has 126 valence electrons. The average molecular weight is 427 g/mol. The SMILES string of the molecule is [3H][I-]SC(=O)CCCCCCC/C=C/CCCCCCCC. The van der Waals surface area contributed by atoms with Crippen LogP contribution in [0, 0.1) is 0 Å². The minimum atomic E-state index is -0.669. The molecule has 0 saturated heterocycles. The van der Waals surface area contributed by atoms with Crippen LogP contribution in [0.1, 0.15) is 96.8 Å². The van der Waals surface area contributed by atoms with Gasteiger partial charge in [-0.15, -0.1) is 0 Å². The molecule has 0 fully saturated rings. The molecule has 21 heavy (non-hydrogen) atoms. The first-order chi connectivity index (χ1) is 10.8. The Morgan fingerprint density at radius 3 is 2.00 bits per heavy atom. The maximum absolute atomic E-state index is 11.2. The number of hydrogen-bond acceptors (Lipinski definition) is 2. The second kappa shape index (κ2) is 18.5. The Morgan fingerprint density at radius 1 is 0.905 bits per heavy atom. The van der Waals surface area contributed by atoms with Crippen LogP contribution in [0.2, 0.25) is 0 Å². The Bertz CT molecular complexity index is 272. The summed E-state index contributed by atoms with van der Waals surface area (Å²) in [6.45, 7) is 2.27. The van der Waals surface area contributed by atoms with Crippen molar-refractivity contribution in [2.75, 3.05) is 0 Å². The molecule has 0 bridgehead atoms. The fourth-order valence-corrected chi connectivity index (χ4v) is 3.26. The standard InChI is InChI=1S/C18H34IOS/c1-2-3-4-5-6-7-8-9-10-11-12-13-14-15-16-17-18(20)21-19/h9-10,19H,2-8,11-17H2,1H3/q-1/b10-9+/i19T. The van der Waals surface area contributed by atoms with Crippen molar-refractivity contribution < 1.29 is 25.8 Å². The number of unbranched alkanes of at least 4 members (excludes halogenated alkanes) is 11. The molecule has 0 aromatic carbocycles. The van der Waals surface area contributed by atoms with Crippen molar-refractivity contribution in [3.63, 3.8) is 0 Å². The smallest absolute Gasteiger partial charge is 0.0654 e. The van der Waals surface area contributed by atoms with Crippen molar-refractivity contribution in [2.24, 2.45) is 0 Å². The molecule has 0 atom stereocenters. The summed E-state index contributed by atoms with van der Waals surface area (Å²) >= 11 is -0.669. The molecule has 0 spiro atoms.